The smallest absolute Gasteiger partial charge is 0.259 e. The lowest BCUT2D eigenvalue weighted by Gasteiger charge is -2.10. The van der Waals surface area contributed by atoms with E-state index >= 15 is 0 Å². The Kier molecular flexibility index (Phi) is 7.26. The van der Waals surface area contributed by atoms with Crippen LogP contribution in [-0.2, 0) is 4.79 Å². The topological polar surface area (TPSA) is 71.1 Å². The summed E-state index contributed by atoms with van der Waals surface area (Å²) in [5, 5.41) is 5.77. The van der Waals surface area contributed by atoms with Crippen LogP contribution < -0.4 is 10.6 Å². The highest BCUT2D eigenvalue weighted by molar-refractivity contribution is 14.1. The van der Waals surface area contributed by atoms with Crippen molar-refractivity contribution in [2.45, 2.75) is 10.3 Å². The molecule has 1 aliphatic rings. The molecule has 2 aromatic carbocycles. The summed E-state index contributed by atoms with van der Waals surface area (Å²) in [6.07, 6.45) is 0.925. The third-order valence-electron chi connectivity index (χ3n) is 5.10. The fourth-order valence-electron chi connectivity index (χ4n) is 3.50. The number of halogens is 7. The lowest BCUT2D eigenvalue weighted by molar-refractivity contribution is -0.117. The number of nitrogens with one attached hydrogen (secondary N) is 2. The SMILES string of the molecule is O=C(Nc1ncc(F)cc1I)c1cc(NC(=O)C2C(c3cc(Cl)cc(Cl)c3)C2(Cl)Cl)ccc1F. The first kappa shape index (κ1) is 25.4. The van der Waals surface area contributed by atoms with Crippen LogP contribution in [0.2, 0.25) is 10.0 Å². The molecule has 1 aliphatic carbocycles. The van der Waals surface area contributed by atoms with E-state index < -0.39 is 39.6 Å². The number of carbonyl (C=O) groups is 2. The van der Waals surface area contributed by atoms with Gasteiger partial charge in [-0.25, -0.2) is 13.8 Å². The number of benzene rings is 2. The molecule has 176 valence electrons. The molecule has 0 saturated heterocycles. The number of anilines is 2. The number of alkyl halides is 2. The molecule has 2 amide bonds. The molecule has 0 radical (unpaired) electrons. The molecule has 0 aliphatic heterocycles. The monoisotopic (exact) mass is 655 g/mol. The van der Waals surface area contributed by atoms with E-state index in [0.717, 1.165) is 18.3 Å². The molecule has 1 aromatic heterocycles. The first-order valence-electron chi connectivity index (χ1n) is 9.54. The predicted octanol–water partition coefficient (Wildman–Crippen LogP) is 7.05. The van der Waals surface area contributed by atoms with Crippen molar-refractivity contribution in [3.63, 3.8) is 0 Å². The zero-order valence-corrected chi connectivity index (χ0v) is 21.9. The molecule has 0 spiro atoms. The van der Waals surface area contributed by atoms with E-state index in [1.807, 2.05) is 0 Å². The molecule has 1 fully saturated rings. The second-order valence-corrected chi connectivity index (χ2v) is 10.9. The van der Waals surface area contributed by atoms with E-state index in [2.05, 4.69) is 15.6 Å². The molecule has 1 saturated carbocycles. The van der Waals surface area contributed by atoms with Crippen LogP contribution >= 0.6 is 69.0 Å². The van der Waals surface area contributed by atoms with Crippen molar-refractivity contribution in [2.75, 3.05) is 10.6 Å². The first-order valence-corrected chi connectivity index (χ1v) is 12.1. The maximum Gasteiger partial charge on any atom is 0.259 e. The molecule has 5 nitrogen and oxygen atoms in total. The summed E-state index contributed by atoms with van der Waals surface area (Å²) in [6.45, 7) is 0. The summed E-state index contributed by atoms with van der Waals surface area (Å²) >= 11 is 26.6. The Balaban J connectivity index is 1.52. The van der Waals surface area contributed by atoms with Gasteiger partial charge in [-0.05, 0) is 70.6 Å². The van der Waals surface area contributed by atoms with Crippen molar-refractivity contribution in [3.8, 4) is 0 Å². The summed E-state index contributed by atoms with van der Waals surface area (Å²) < 4.78 is 26.5. The van der Waals surface area contributed by atoms with E-state index in [9.17, 15) is 18.4 Å². The molecule has 2 atom stereocenters. The fourth-order valence-corrected chi connectivity index (χ4v) is 5.44. The van der Waals surface area contributed by atoms with E-state index in [1.54, 1.807) is 40.8 Å². The molecule has 2 N–H and O–H groups in total. The van der Waals surface area contributed by atoms with Crippen molar-refractivity contribution in [3.05, 3.63) is 85.0 Å². The first-order chi connectivity index (χ1) is 16.0. The van der Waals surface area contributed by atoms with Crippen molar-refractivity contribution in [1.82, 2.24) is 4.98 Å². The van der Waals surface area contributed by atoms with Crippen LogP contribution in [0.1, 0.15) is 21.8 Å². The Hall–Kier alpha value is -1.72. The van der Waals surface area contributed by atoms with Crippen molar-refractivity contribution < 1.29 is 18.4 Å². The maximum atomic E-state index is 14.4. The minimum absolute atomic E-state index is 0.0657. The largest absolute Gasteiger partial charge is 0.326 e. The normalized spacial score (nSPS) is 18.3. The highest BCUT2D eigenvalue weighted by Gasteiger charge is 2.67. The number of nitrogens with zero attached hydrogens (tertiary/aromatic N) is 1. The minimum atomic E-state index is -1.40. The second-order valence-electron chi connectivity index (χ2n) is 7.45. The third kappa shape index (κ3) is 5.26. The van der Waals surface area contributed by atoms with Crippen LogP contribution in [0, 0.1) is 21.1 Å². The van der Waals surface area contributed by atoms with Crippen LogP contribution in [0.25, 0.3) is 0 Å². The van der Waals surface area contributed by atoms with Gasteiger partial charge in [0.15, 0.2) is 0 Å². The molecular weight excluding hydrogens is 645 g/mol. The summed E-state index contributed by atoms with van der Waals surface area (Å²) in [6, 6.07) is 9.44. The highest BCUT2D eigenvalue weighted by atomic mass is 127. The van der Waals surface area contributed by atoms with Crippen LogP contribution in [0.3, 0.4) is 0 Å². The van der Waals surface area contributed by atoms with Crippen LogP contribution in [0.15, 0.2) is 48.7 Å². The van der Waals surface area contributed by atoms with Gasteiger partial charge in [0, 0.05) is 21.7 Å². The van der Waals surface area contributed by atoms with Gasteiger partial charge in [-0.2, -0.15) is 0 Å². The van der Waals surface area contributed by atoms with Gasteiger partial charge in [0.1, 0.15) is 21.8 Å². The van der Waals surface area contributed by atoms with Crippen molar-refractivity contribution in [1.29, 1.82) is 0 Å². The van der Waals surface area contributed by atoms with Gasteiger partial charge in [-0.3, -0.25) is 9.59 Å². The fraction of sp³-hybridized carbons (Fsp3) is 0.136. The van der Waals surface area contributed by atoms with Crippen LogP contribution in [0.5, 0.6) is 0 Å². The summed E-state index contributed by atoms with van der Waals surface area (Å²) in [5.74, 6) is -4.09. The third-order valence-corrected chi connectivity index (χ3v) is 7.30. The highest BCUT2D eigenvalue weighted by Crippen LogP contribution is 2.65. The zero-order chi connectivity index (χ0) is 24.8. The minimum Gasteiger partial charge on any atom is -0.326 e. The zero-order valence-electron chi connectivity index (χ0n) is 16.7. The standard InChI is InChI=1S/C22H12Cl4F2IN3O2/c23-10-3-9(4-11(24)5-10)17-18(22(17,25)26)21(34)31-13-1-2-15(28)14(7-13)20(33)32-19-16(29)6-12(27)8-30-19/h1-8,17-18H,(H,31,34)(H,30,32,33). The number of pyridine rings is 1. The lowest BCUT2D eigenvalue weighted by atomic mass is 10.1. The molecule has 3 aromatic rings. The Labute approximate surface area is 226 Å². The van der Waals surface area contributed by atoms with Gasteiger partial charge in [0.2, 0.25) is 5.91 Å². The Morgan fingerprint density at radius 3 is 2.32 bits per heavy atom. The predicted molar refractivity (Wildman–Crippen MR) is 137 cm³/mol. The molecule has 0 bridgehead atoms. The Bertz CT molecular complexity index is 1310. The summed E-state index contributed by atoms with van der Waals surface area (Å²) in [5.41, 5.74) is 0.400. The van der Waals surface area contributed by atoms with Gasteiger partial charge >= 0.3 is 0 Å². The molecular formula is C22H12Cl4F2IN3O2. The quantitative estimate of drug-likeness (QED) is 0.229. The second kappa shape index (κ2) is 9.73. The number of hydrogen-bond donors (Lipinski definition) is 2. The van der Waals surface area contributed by atoms with E-state index in [-0.39, 0.29) is 17.1 Å². The average Bonchev–Trinajstić information content (AvgIpc) is 3.33. The van der Waals surface area contributed by atoms with Gasteiger partial charge < -0.3 is 10.6 Å². The summed E-state index contributed by atoms with van der Waals surface area (Å²) in [4.78, 5) is 29.3. The van der Waals surface area contributed by atoms with Gasteiger partial charge in [-0.1, -0.05) is 23.2 Å². The van der Waals surface area contributed by atoms with Crippen LogP contribution in [-0.4, -0.2) is 21.1 Å². The van der Waals surface area contributed by atoms with E-state index in [4.69, 9.17) is 46.4 Å². The van der Waals surface area contributed by atoms with E-state index in [1.165, 1.54) is 12.1 Å². The van der Waals surface area contributed by atoms with Crippen LogP contribution in [0.4, 0.5) is 20.3 Å². The molecule has 2 unspecified atom stereocenters. The average molecular weight is 657 g/mol. The molecule has 34 heavy (non-hydrogen) atoms. The maximum absolute atomic E-state index is 14.4. The van der Waals surface area contributed by atoms with Crippen molar-refractivity contribution in [2.24, 2.45) is 5.92 Å². The lowest BCUT2D eigenvalue weighted by Crippen LogP contribution is -2.19. The number of aromatic nitrogens is 1. The number of hydrogen-bond acceptors (Lipinski definition) is 3. The number of carbonyl (C=O) groups excluding carboxylic acids is 2. The van der Waals surface area contributed by atoms with Gasteiger partial charge in [0.25, 0.3) is 5.91 Å². The molecule has 1 heterocycles. The molecule has 4 rings (SSSR count). The van der Waals surface area contributed by atoms with Crippen molar-refractivity contribution >= 4 is 92.3 Å². The Morgan fingerprint density at radius 2 is 1.68 bits per heavy atom. The Morgan fingerprint density at radius 1 is 1.00 bits per heavy atom. The number of rotatable bonds is 5. The summed E-state index contributed by atoms with van der Waals surface area (Å²) in [7, 11) is 0. The van der Waals surface area contributed by atoms with E-state index in [0.29, 0.717) is 19.2 Å². The van der Waals surface area contributed by atoms with Gasteiger partial charge in [0.05, 0.1) is 21.2 Å². The molecule has 12 heteroatoms. The number of amides is 2. The van der Waals surface area contributed by atoms with Gasteiger partial charge in [-0.15, -0.1) is 23.2 Å².